The molecule has 2 heteroatoms. The minimum Gasteiger partial charge on any atom is -0.361 e. The van der Waals surface area contributed by atoms with Crippen LogP contribution in [0.25, 0.3) is 10.9 Å². The van der Waals surface area contributed by atoms with E-state index in [1.807, 2.05) is 45.2 Å². The first-order valence-corrected chi connectivity index (χ1v) is 4.89. The Morgan fingerprint density at radius 1 is 1.23 bits per heavy atom. The van der Waals surface area contributed by atoms with Gasteiger partial charge in [-0.05, 0) is 24.6 Å². The Hall–Kier alpha value is -0.950. The smallest absolute Gasteiger partial charge is 0.0502 e. The fraction of sp³-hybridized carbons (Fsp3) is 0.273. The average molecular weight is 196 g/mol. The van der Waals surface area contributed by atoms with Crippen molar-refractivity contribution >= 4 is 22.5 Å². The second-order valence-corrected chi connectivity index (χ2v) is 3.04. The van der Waals surface area contributed by atoms with E-state index in [0.717, 1.165) is 15.9 Å². The van der Waals surface area contributed by atoms with Gasteiger partial charge in [-0.15, -0.1) is 0 Å². The number of fused-ring (bicyclic) bond motifs is 1. The molecule has 0 fully saturated rings. The van der Waals surface area contributed by atoms with Crippen LogP contribution in [-0.2, 0) is 0 Å². The van der Waals surface area contributed by atoms with Gasteiger partial charge in [0.15, 0.2) is 0 Å². The Balaban J connectivity index is 0.000000396. The molecule has 1 heterocycles. The highest BCUT2D eigenvalue weighted by molar-refractivity contribution is 6.35. The zero-order valence-corrected chi connectivity index (χ0v) is 8.94. The molecule has 0 bridgehead atoms. The van der Waals surface area contributed by atoms with Crippen molar-refractivity contribution in [2.24, 2.45) is 0 Å². The fourth-order valence-electron chi connectivity index (χ4n) is 1.30. The summed E-state index contributed by atoms with van der Waals surface area (Å²) in [6.45, 7) is 6.05. The van der Waals surface area contributed by atoms with Crippen LogP contribution in [0.5, 0.6) is 0 Å². The van der Waals surface area contributed by atoms with Gasteiger partial charge < -0.3 is 4.98 Å². The van der Waals surface area contributed by atoms with Crippen LogP contribution in [0, 0.1) is 6.92 Å². The van der Waals surface area contributed by atoms with E-state index in [0.29, 0.717) is 0 Å². The van der Waals surface area contributed by atoms with Crippen LogP contribution < -0.4 is 0 Å². The van der Waals surface area contributed by atoms with Crippen LogP contribution in [-0.4, -0.2) is 4.98 Å². The maximum atomic E-state index is 5.98. The van der Waals surface area contributed by atoms with Gasteiger partial charge in [-0.1, -0.05) is 31.5 Å². The molecule has 1 nitrogen and oxygen atoms in total. The summed E-state index contributed by atoms with van der Waals surface area (Å²) >= 11 is 5.98. The third-order valence-corrected chi connectivity index (χ3v) is 2.17. The third kappa shape index (κ3) is 1.86. The van der Waals surface area contributed by atoms with Crippen molar-refractivity contribution < 1.29 is 0 Å². The van der Waals surface area contributed by atoms with Crippen molar-refractivity contribution in [1.29, 1.82) is 0 Å². The van der Waals surface area contributed by atoms with E-state index in [1.54, 1.807) is 0 Å². The Bertz CT molecular complexity index is 390. The van der Waals surface area contributed by atoms with Gasteiger partial charge in [0.1, 0.15) is 0 Å². The lowest BCUT2D eigenvalue weighted by atomic mass is 10.2. The first-order chi connectivity index (χ1) is 6.29. The molecular weight excluding hydrogens is 182 g/mol. The van der Waals surface area contributed by atoms with Gasteiger partial charge in [0, 0.05) is 17.1 Å². The quantitative estimate of drug-likeness (QED) is 0.650. The molecule has 0 aliphatic carbocycles. The summed E-state index contributed by atoms with van der Waals surface area (Å²) in [6, 6.07) is 5.87. The number of H-pyrrole nitrogens is 1. The number of hydrogen-bond acceptors (Lipinski definition) is 0. The molecule has 13 heavy (non-hydrogen) atoms. The van der Waals surface area contributed by atoms with Crippen molar-refractivity contribution in [2.45, 2.75) is 20.8 Å². The molecule has 1 aromatic heterocycles. The highest BCUT2D eigenvalue weighted by atomic mass is 35.5. The van der Waals surface area contributed by atoms with Gasteiger partial charge in [0.2, 0.25) is 0 Å². The normalized spacial score (nSPS) is 9.54. The molecular formula is C11H14ClN. The summed E-state index contributed by atoms with van der Waals surface area (Å²) in [5.41, 5.74) is 2.31. The van der Waals surface area contributed by atoms with Crippen LogP contribution in [0.1, 0.15) is 19.4 Å². The Morgan fingerprint density at radius 3 is 2.54 bits per heavy atom. The maximum absolute atomic E-state index is 5.98. The van der Waals surface area contributed by atoms with Crippen molar-refractivity contribution in [3.8, 4) is 0 Å². The molecule has 0 radical (unpaired) electrons. The number of hydrogen-bond donors (Lipinski definition) is 1. The summed E-state index contributed by atoms with van der Waals surface area (Å²) in [5, 5.41) is 1.95. The van der Waals surface area contributed by atoms with E-state index in [4.69, 9.17) is 11.6 Å². The number of halogens is 1. The Kier molecular flexibility index (Phi) is 3.38. The van der Waals surface area contributed by atoms with Crippen LogP contribution in [0.4, 0.5) is 0 Å². The van der Waals surface area contributed by atoms with E-state index in [9.17, 15) is 0 Å². The standard InChI is InChI=1S/C9H8ClN.C2H6/c1-6-5-11-8-4-2-3-7(10)9(6)8;1-2/h2-5,11H,1H3;1-2H3. The van der Waals surface area contributed by atoms with Crippen molar-refractivity contribution in [1.82, 2.24) is 4.98 Å². The predicted molar refractivity (Wildman–Crippen MR) is 59.4 cm³/mol. The summed E-state index contributed by atoms with van der Waals surface area (Å²) in [5.74, 6) is 0. The molecule has 0 saturated carbocycles. The molecule has 2 rings (SSSR count). The number of benzene rings is 1. The van der Waals surface area contributed by atoms with E-state index in [-0.39, 0.29) is 0 Å². The Morgan fingerprint density at radius 2 is 1.92 bits per heavy atom. The molecule has 2 aromatic rings. The first-order valence-electron chi connectivity index (χ1n) is 4.51. The lowest BCUT2D eigenvalue weighted by molar-refractivity contribution is 1.43. The number of aromatic nitrogens is 1. The Labute approximate surface area is 83.7 Å². The molecule has 70 valence electrons. The van der Waals surface area contributed by atoms with E-state index in [2.05, 4.69) is 4.98 Å². The summed E-state index contributed by atoms with van der Waals surface area (Å²) < 4.78 is 0. The largest absolute Gasteiger partial charge is 0.361 e. The molecule has 0 aliphatic heterocycles. The van der Waals surface area contributed by atoms with Crippen molar-refractivity contribution in [2.75, 3.05) is 0 Å². The highest BCUT2D eigenvalue weighted by Gasteiger charge is 2.01. The van der Waals surface area contributed by atoms with E-state index >= 15 is 0 Å². The van der Waals surface area contributed by atoms with Crippen LogP contribution in [0.3, 0.4) is 0 Å². The SMILES string of the molecule is CC.Cc1c[nH]c2cccc(Cl)c12. The monoisotopic (exact) mass is 195 g/mol. The molecule has 1 N–H and O–H groups in total. The maximum Gasteiger partial charge on any atom is 0.0502 e. The van der Waals surface area contributed by atoms with Crippen molar-refractivity contribution in [3.63, 3.8) is 0 Å². The highest BCUT2D eigenvalue weighted by Crippen LogP contribution is 2.25. The molecule has 0 unspecified atom stereocenters. The number of nitrogens with one attached hydrogen (secondary N) is 1. The van der Waals surface area contributed by atoms with Gasteiger partial charge in [0.05, 0.1) is 5.02 Å². The van der Waals surface area contributed by atoms with E-state index in [1.165, 1.54) is 5.56 Å². The average Bonchev–Trinajstić information content (AvgIpc) is 2.53. The van der Waals surface area contributed by atoms with Gasteiger partial charge in [-0.25, -0.2) is 0 Å². The molecule has 0 aliphatic rings. The van der Waals surface area contributed by atoms with Crippen LogP contribution in [0.2, 0.25) is 5.02 Å². The van der Waals surface area contributed by atoms with Gasteiger partial charge in [-0.3, -0.25) is 0 Å². The minimum atomic E-state index is 0.821. The molecule has 0 atom stereocenters. The summed E-state index contributed by atoms with van der Waals surface area (Å²) in [4.78, 5) is 3.14. The van der Waals surface area contributed by atoms with E-state index < -0.39 is 0 Å². The second-order valence-electron chi connectivity index (χ2n) is 2.63. The number of rotatable bonds is 0. The zero-order chi connectivity index (χ0) is 9.84. The zero-order valence-electron chi connectivity index (χ0n) is 8.19. The van der Waals surface area contributed by atoms with Gasteiger partial charge in [-0.2, -0.15) is 0 Å². The molecule has 0 saturated heterocycles. The van der Waals surface area contributed by atoms with Crippen LogP contribution >= 0.6 is 11.6 Å². The summed E-state index contributed by atoms with van der Waals surface area (Å²) in [6.07, 6.45) is 1.97. The third-order valence-electron chi connectivity index (χ3n) is 1.85. The summed E-state index contributed by atoms with van der Waals surface area (Å²) in [7, 11) is 0. The second kappa shape index (κ2) is 4.33. The van der Waals surface area contributed by atoms with Gasteiger partial charge >= 0.3 is 0 Å². The topological polar surface area (TPSA) is 15.8 Å². The number of aromatic amines is 1. The number of aryl methyl sites for hydroxylation is 1. The molecule has 0 amide bonds. The first kappa shape index (κ1) is 10.1. The minimum absolute atomic E-state index is 0.821. The lowest BCUT2D eigenvalue weighted by Crippen LogP contribution is -1.69. The predicted octanol–water partition coefficient (Wildman–Crippen LogP) is 4.16. The fourth-order valence-corrected chi connectivity index (χ4v) is 1.63. The molecule has 1 aromatic carbocycles. The molecule has 0 spiro atoms. The van der Waals surface area contributed by atoms with Crippen LogP contribution in [0.15, 0.2) is 24.4 Å². The lowest BCUT2D eigenvalue weighted by Gasteiger charge is -1.93. The van der Waals surface area contributed by atoms with Gasteiger partial charge in [0.25, 0.3) is 0 Å². The van der Waals surface area contributed by atoms with Crippen molar-refractivity contribution in [3.05, 3.63) is 35.0 Å².